The van der Waals surface area contributed by atoms with Crippen molar-refractivity contribution in [1.29, 1.82) is 0 Å². The number of carbonyl (C=O) groups is 2. The summed E-state index contributed by atoms with van der Waals surface area (Å²) in [6, 6.07) is 0. The Labute approximate surface area is 90.2 Å². The summed E-state index contributed by atoms with van der Waals surface area (Å²) in [6.45, 7) is 4.40. The van der Waals surface area contributed by atoms with Crippen LogP contribution in [-0.4, -0.2) is 42.0 Å². The van der Waals surface area contributed by atoms with Gasteiger partial charge in [-0.05, 0) is 5.92 Å². The van der Waals surface area contributed by atoms with Crippen molar-refractivity contribution in [1.82, 2.24) is 4.90 Å². The number of hydrogen-bond donors (Lipinski definition) is 2. The summed E-state index contributed by atoms with van der Waals surface area (Å²) >= 11 is 0. The highest BCUT2D eigenvalue weighted by molar-refractivity contribution is 5.79. The van der Waals surface area contributed by atoms with Crippen LogP contribution in [0.4, 0.5) is 0 Å². The molecule has 88 valence electrons. The first-order chi connectivity index (χ1) is 6.90. The molecule has 5 heteroatoms. The molecule has 0 aliphatic rings. The quantitative estimate of drug-likeness (QED) is 0.662. The van der Waals surface area contributed by atoms with Crippen LogP contribution in [-0.2, 0) is 9.59 Å². The molecule has 0 spiro atoms. The second kappa shape index (κ2) is 6.40. The first-order valence-electron chi connectivity index (χ1n) is 5.07. The molecule has 1 atom stereocenters. The zero-order valence-corrected chi connectivity index (χ0v) is 9.56. The van der Waals surface area contributed by atoms with Crippen molar-refractivity contribution >= 4 is 11.9 Å². The maximum atomic E-state index is 11.8. The van der Waals surface area contributed by atoms with E-state index in [0.717, 1.165) is 0 Å². The highest BCUT2D eigenvalue weighted by Gasteiger charge is 2.23. The van der Waals surface area contributed by atoms with Crippen molar-refractivity contribution < 1.29 is 14.7 Å². The van der Waals surface area contributed by atoms with Gasteiger partial charge in [-0.3, -0.25) is 9.59 Å². The van der Waals surface area contributed by atoms with E-state index in [1.807, 2.05) is 13.8 Å². The molecule has 0 aliphatic carbocycles. The minimum Gasteiger partial charge on any atom is -0.481 e. The number of nitrogens with zero attached hydrogens (tertiary/aromatic N) is 1. The highest BCUT2D eigenvalue weighted by Crippen LogP contribution is 2.12. The monoisotopic (exact) mass is 216 g/mol. The smallest absolute Gasteiger partial charge is 0.305 e. The minimum atomic E-state index is -0.900. The first kappa shape index (κ1) is 13.9. The van der Waals surface area contributed by atoms with Crippen LogP contribution in [0.3, 0.4) is 0 Å². The van der Waals surface area contributed by atoms with Crippen molar-refractivity contribution in [3.8, 4) is 0 Å². The number of aliphatic carboxylic acids is 1. The number of nitrogens with two attached hydrogens (primary N) is 1. The highest BCUT2D eigenvalue weighted by atomic mass is 16.4. The fourth-order valence-electron chi connectivity index (χ4n) is 1.31. The van der Waals surface area contributed by atoms with Gasteiger partial charge < -0.3 is 15.7 Å². The van der Waals surface area contributed by atoms with Crippen LogP contribution in [0.5, 0.6) is 0 Å². The Balaban J connectivity index is 4.22. The Hall–Kier alpha value is -1.10. The van der Waals surface area contributed by atoms with Gasteiger partial charge in [-0.1, -0.05) is 13.8 Å². The number of carbonyl (C=O) groups excluding carboxylic acids is 1. The fourth-order valence-corrected chi connectivity index (χ4v) is 1.31. The maximum absolute atomic E-state index is 11.8. The van der Waals surface area contributed by atoms with Crippen LogP contribution in [0.2, 0.25) is 0 Å². The fraction of sp³-hybridized carbons (Fsp3) is 0.800. The van der Waals surface area contributed by atoms with Crippen LogP contribution in [0.1, 0.15) is 20.3 Å². The standard InChI is InChI=1S/C10H20N2O3/c1-7(2)8(6-11)10(15)12(3)5-4-9(13)14/h7-8H,4-6,11H2,1-3H3,(H,13,14). The predicted molar refractivity (Wildman–Crippen MR) is 57.3 cm³/mol. The Morgan fingerprint density at radius 2 is 1.93 bits per heavy atom. The molecule has 0 aliphatic heterocycles. The Kier molecular flexibility index (Phi) is 5.93. The molecule has 0 heterocycles. The van der Waals surface area contributed by atoms with Crippen LogP contribution < -0.4 is 5.73 Å². The van der Waals surface area contributed by atoms with Crippen molar-refractivity contribution in [2.24, 2.45) is 17.6 Å². The lowest BCUT2D eigenvalue weighted by Gasteiger charge is -2.24. The van der Waals surface area contributed by atoms with Gasteiger partial charge in [-0.25, -0.2) is 0 Å². The van der Waals surface area contributed by atoms with E-state index >= 15 is 0 Å². The van der Waals surface area contributed by atoms with Gasteiger partial charge in [-0.15, -0.1) is 0 Å². The van der Waals surface area contributed by atoms with E-state index in [4.69, 9.17) is 10.8 Å². The molecule has 5 nitrogen and oxygen atoms in total. The Bertz CT molecular complexity index is 229. The maximum Gasteiger partial charge on any atom is 0.305 e. The summed E-state index contributed by atoms with van der Waals surface area (Å²) in [5.41, 5.74) is 5.50. The molecule has 0 fully saturated rings. The van der Waals surface area contributed by atoms with Gasteiger partial charge in [0, 0.05) is 20.1 Å². The van der Waals surface area contributed by atoms with Crippen LogP contribution in [0.25, 0.3) is 0 Å². The van der Waals surface area contributed by atoms with Gasteiger partial charge in [-0.2, -0.15) is 0 Å². The van der Waals surface area contributed by atoms with Crippen molar-refractivity contribution in [3.63, 3.8) is 0 Å². The lowest BCUT2D eigenvalue weighted by molar-refractivity contribution is -0.139. The average Bonchev–Trinajstić information content (AvgIpc) is 2.14. The Morgan fingerprint density at radius 1 is 1.40 bits per heavy atom. The van der Waals surface area contributed by atoms with E-state index in [-0.39, 0.29) is 30.7 Å². The molecule has 0 saturated heterocycles. The molecule has 1 amide bonds. The van der Waals surface area contributed by atoms with Gasteiger partial charge in [0.1, 0.15) is 0 Å². The number of rotatable bonds is 6. The lowest BCUT2D eigenvalue weighted by Crippen LogP contribution is -2.40. The second-order valence-corrected chi connectivity index (χ2v) is 3.99. The van der Waals surface area contributed by atoms with Gasteiger partial charge in [0.25, 0.3) is 0 Å². The molecule has 0 radical (unpaired) electrons. The van der Waals surface area contributed by atoms with E-state index in [0.29, 0.717) is 6.54 Å². The third-order valence-corrected chi connectivity index (χ3v) is 2.41. The third kappa shape index (κ3) is 4.78. The number of hydrogen-bond acceptors (Lipinski definition) is 3. The third-order valence-electron chi connectivity index (χ3n) is 2.41. The van der Waals surface area contributed by atoms with Crippen molar-refractivity contribution in [2.45, 2.75) is 20.3 Å². The van der Waals surface area contributed by atoms with Gasteiger partial charge in [0.2, 0.25) is 5.91 Å². The van der Waals surface area contributed by atoms with Crippen LogP contribution in [0.15, 0.2) is 0 Å². The molecule has 15 heavy (non-hydrogen) atoms. The van der Waals surface area contributed by atoms with E-state index in [9.17, 15) is 9.59 Å². The molecular formula is C10H20N2O3. The summed E-state index contributed by atoms with van der Waals surface area (Å²) in [4.78, 5) is 23.6. The topological polar surface area (TPSA) is 83.6 Å². The van der Waals surface area contributed by atoms with Crippen molar-refractivity contribution in [2.75, 3.05) is 20.1 Å². The van der Waals surface area contributed by atoms with E-state index < -0.39 is 5.97 Å². The summed E-state index contributed by atoms with van der Waals surface area (Å²) < 4.78 is 0. The lowest BCUT2D eigenvalue weighted by atomic mass is 9.94. The Morgan fingerprint density at radius 3 is 2.27 bits per heavy atom. The zero-order chi connectivity index (χ0) is 12.0. The van der Waals surface area contributed by atoms with Crippen LogP contribution >= 0.6 is 0 Å². The van der Waals surface area contributed by atoms with Gasteiger partial charge >= 0.3 is 5.97 Å². The number of carboxylic acids is 1. The molecule has 0 rings (SSSR count). The molecule has 0 saturated carbocycles. The van der Waals surface area contributed by atoms with E-state index in [1.165, 1.54) is 4.90 Å². The van der Waals surface area contributed by atoms with E-state index in [1.54, 1.807) is 7.05 Å². The number of amides is 1. The SMILES string of the molecule is CC(C)C(CN)C(=O)N(C)CCC(=O)O. The molecule has 0 bridgehead atoms. The predicted octanol–water partition coefficient (Wildman–Crippen LogP) is 0.150. The zero-order valence-electron chi connectivity index (χ0n) is 9.56. The molecule has 0 aromatic heterocycles. The van der Waals surface area contributed by atoms with Crippen LogP contribution in [0, 0.1) is 11.8 Å². The molecule has 0 aromatic carbocycles. The molecule has 0 aromatic rings. The summed E-state index contributed by atoms with van der Waals surface area (Å²) in [5.74, 6) is -1.02. The largest absolute Gasteiger partial charge is 0.481 e. The van der Waals surface area contributed by atoms with Crippen molar-refractivity contribution in [3.05, 3.63) is 0 Å². The molecule has 1 unspecified atom stereocenters. The van der Waals surface area contributed by atoms with E-state index in [2.05, 4.69) is 0 Å². The molecule has 3 N–H and O–H groups in total. The molecular weight excluding hydrogens is 196 g/mol. The number of carboxylic acid groups (broad SMARTS) is 1. The second-order valence-electron chi connectivity index (χ2n) is 3.99. The normalized spacial score (nSPS) is 12.6. The summed E-state index contributed by atoms with van der Waals surface area (Å²) in [6.07, 6.45) is -0.0301. The minimum absolute atomic E-state index is 0.0301. The van der Waals surface area contributed by atoms with Gasteiger partial charge in [0.05, 0.1) is 12.3 Å². The summed E-state index contributed by atoms with van der Waals surface area (Å²) in [5, 5.41) is 8.49. The van der Waals surface area contributed by atoms with Gasteiger partial charge in [0.15, 0.2) is 0 Å². The first-order valence-corrected chi connectivity index (χ1v) is 5.07. The summed E-state index contributed by atoms with van der Waals surface area (Å²) in [7, 11) is 1.61. The average molecular weight is 216 g/mol.